The van der Waals surface area contributed by atoms with Gasteiger partial charge in [0.2, 0.25) is 0 Å². The van der Waals surface area contributed by atoms with E-state index in [1.807, 2.05) is 43.3 Å². The number of para-hydroxylation sites is 1. The van der Waals surface area contributed by atoms with Crippen LogP contribution in [0.5, 0.6) is 5.75 Å². The van der Waals surface area contributed by atoms with Gasteiger partial charge in [0.25, 0.3) is 0 Å². The Morgan fingerprint density at radius 1 is 1.14 bits per heavy atom. The van der Waals surface area contributed by atoms with Crippen LogP contribution in [-0.2, 0) is 17.8 Å². The molecule has 0 aliphatic heterocycles. The lowest BCUT2D eigenvalue weighted by Gasteiger charge is -2.14. The number of carbonyl (C=O) groups is 1. The lowest BCUT2D eigenvalue weighted by atomic mass is 10.1. The number of nitrogens with zero attached hydrogens (tertiary/aromatic N) is 1. The molecule has 0 amide bonds. The van der Waals surface area contributed by atoms with E-state index in [1.54, 1.807) is 18.2 Å². The summed E-state index contributed by atoms with van der Waals surface area (Å²) in [4.78, 5) is 16.1. The van der Waals surface area contributed by atoms with Gasteiger partial charge in [-0.3, -0.25) is 0 Å². The lowest BCUT2D eigenvalue weighted by molar-refractivity contribution is 0.0600. The third kappa shape index (κ3) is 8.15. The molecule has 29 heavy (non-hydrogen) atoms. The van der Waals surface area contributed by atoms with Crippen molar-refractivity contribution in [3.8, 4) is 5.75 Å². The molecule has 156 valence electrons. The van der Waals surface area contributed by atoms with E-state index in [4.69, 9.17) is 9.47 Å². The van der Waals surface area contributed by atoms with E-state index in [9.17, 15) is 4.79 Å². The number of carbonyl (C=O) groups excluding carboxylic acids is 1. The summed E-state index contributed by atoms with van der Waals surface area (Å²) in [5.41, 5.74) is 2.56. The topological polar surface area (TPSA) is 72.0 Å². The number of methoxy groups -OCH3 is 1. The minimum atomic E-state index is -0.345. The molecule has 0 saturated carbocycles. The first-order valence-electron chi connectivity index (χ1n) is 9.19. The number of esters is 1. The highest BCUT2D eigenvalue weighted by Crippen LogP contribution is 2.17. The normalized spacial score (nSPS) is 10.5. The maximum atomic E-state index is 11.5. The maximum absolute atomic E-state index is 11.5. The van der Waals surface area contributed by atoms with Gasteiger partial charge >= 0.3 is 5.97 Å². The van der Waals surface area contributed by atoms with Crippen molar-refractivity contribution in [2.45, 2.75) is 20.0 Å². The van der Waals surface area contributed by atoms with Crippen LogP contribution in [-0.4, -0.2) is 32.2 Å². The Kier molecular flexibility index (Phi) is 11.5. The standard InChI is InChI=1S/C22H27N3O3.HI/c1-4-14-28-20-9-7-6-8-19(20)16-25-22(23-5-2)24-15-17-10-12-18(13-11-17)21(26)27-3;/h4,6-13H,1,5,14-16H2,2-3H3,(H2,23,24,25);1H. The molecule has 0 aliphatic carbocycles. The highest BCUT2D eigenvalue weighted by Gasteiger charge is 2.06. The number of rotatable bonds is 9. The number of aliphatic imine (C=N–C) groups is 1. The Labute approximate surface area is 189 Å². The molecule has 2 rings (SSSR count). The highest BCUT2D eigenvalue weighted by atomic mass is 127. The highest BCUT2D eigenvalue weighted by molar-refractivity contribution is 14.0. The summed E-state index contributed by atoms with van der Waals surface area (Å²) in [5, 5.41) is 6.55. The first-order chi connectivity index (χ1) is 13.7. The van der Waals surface area contributed by atoms with Gasteiger partial charge < -0.3 is 20.1 Å². The van der Waals surface area contributed by atoms with Crippen molar-refractivity contribution in [2.24, 2.45) is 4.99 Å². The Hall–Kier alpha value is -2.55. The minimum Gasteiger partial charge on any atom is -0.489 e. The first-order valence-corrected chi connectivity index (χ1v) is 9.19. The molecule has 0 unspecified atom stereocenters. The summed E-state index contributed by atoms with van der Waals surface area (Å²) in [6.45, 7) is 7.99. The predicted octanol–water partition coefficient (Wildman–Crippen LogP) is 3.91. The van der Waals surface area contributed by atoms with Crippen molar-refractivity contribution in [1.82, 2.24) is 10.6 Å². The van der Waals surface area contributed by atoms with Crippen LogP contribution in [0, 0.1) is 0 Å². The molecule has 0 fully saturated rings. The zero-order valence-corrected chi connectivity index (χ0v) is 19.1. The molecule has 7 heteroatoms. The zero-order valence-electron chi connectivity index (χ0n) is 16.8. The number of halogens is 1. The van der Waals surface area contributed by atoms with Crippen molar-refractivity contribution >= 4 is 35.9 Å². The van der Waals surface area contributed by atoms with Crippen molar-refractivity contribution < 1.29 is 14.3 Å². The van der Waals surface area contributed by atoms with Gasteiger partial charge in [-0.15, -0.1) is 24.0 Å². The Balaban J connectivity index is 0.00000420. The fourth-order valence-electron chi connectivity index (χ4n) is 2.49. The second-order valence-corrected chi connectivity index (χ2v) is 5.94. The number of hydrogen-bond acceptors (Lipinski definition) is 4. The second-order valence-electron chi connectivity index (χ2n) is 5.94. The molecule has 0 heterocycles. The van der Waals surface area contributed by atoms with Crippen LogP contribution in [0.15, 0.2) is 66.2 Å². The number of benzene rings is 2. The number of hydrogen-bond donors (Lipinski definition) is 2. The van der Waals surface area contributed by atoms with Crippen LogP contribution in [0.2, 0.25) is 0 Å². The molecule has 0 aromatic heterocycles. The molecule has 2 N–H and O–H groups in total. The van der Waals surface area contributed by atoms with Crippen LogP contribution >= 0.6 is 24.0 Å². The van der Waals surface area contributed by atoms with Gasteiger partial charge in [0.15, 0.2) is 5.96 Å². The van der Waals surface area contributed by atoms with Gasteiger partial charge in [-0.1, -0.05) is 43.0 Å². The molecule has 0 bridgehead atoms. The van der Waals surface area contributed by atoms with E-state index in [0.29, 0.717) is 31.2 Å². The third-order valence-electron chi connectivity index (χ3n) is 3.91. The molecule has 2 aromatic rings. The summed E-state index contributed by atoms with van der Waals surface area (Å²) >= 11 is 0. The van der Waals surface area contributed by atoms with Gasteiger partial charge in [0.1, 0.15) is 12.4 Å². The van der Waals surface area contributed by atoms with Crippen molar-refractivity contribution in [3.63, 3.8) is 0 Å². The molecule has 2 aromatic carbocycles. The van der Waals surface area contributed by atoms with E-state index in [1.165, 1.54) is 7.11 Å². The summed E-state index contributed by atoms with van der Waals surface area (Å²) in [7, 11) is 1.37. The van der Waals surface area contributed by atoms with Crippen LogP contribution in [0.3, 0.4) is 0 Å². The number of guanidine groups is 1. The van der Waals surface area contributed by atoms with Crippen molar-refractivity contribution in [2.75, 3.05) is 20.3 Å². The maximum Gasteiger partial charge on any atom is 0.337 e. The van der Waals surface area contributed by atoms with E-state index in [0.717, 1.165) is 23.4 Å². The average Bonchev–Trinajstić information content (AvgIpc) is 2.74. The van der Waals surface area contributed by atoms with Crippen LogP contribution in [0.25, 0.3) is 0 Å². The van der Waals surface area contributed by atoms with Gasteiger partial charge in [-0.05, 0) is 30.7 Å². The Bertz CT molecular complexity index is 807. The van der Waals surface area contributed by atoms with Gasteiger partial charge in [-0.2, -0.15) is 0 Å². The molecule has 0 atom stereocenters. The second kappa shape index (κ2) is 13.6. The summed E-state index contributed by atoms with van der Waals surface area (Å²) in [6.07, 6.45) is 1.72. The Morgan fingerprint density at radius 2 is 1.86 bits per heavy atom. The third-order valence-corrected chi connectivity index (χ3v) is 3.91. The van der Waals surface area contributed by atoms with E-state index < -0.39 is 0 Å². The monoisotopic (exact) mass is 509 g/mol. The number of nitrogens with one attached hydrogen (secondary N) is 2. The van der Waals surface area contributed by atoms with E-state index in [2.05, 4.69) is 22.2 Å². The molecule has 0 spiro atoms. The van der Waals surface area contributed by atoms with Crippen LogP contribution in [0.1, 0.15) is 28.4 Å². The molecule has 6 nitrogen and oxygen atoms in total. The zero-order chi connectivity index (χ0) is 20.2. The summed E-state index contributed by atoms with van der Waals surface area (Å²) in [5.74, 6) is 1.18. The van der Waals surface area contributed by atoms with Gasteiger partial charge in [0, 0.05) is 18.7 Å². The summed E-state index contributed by atoms with van der Waals surface area (Å²) in [6, 6.07) is 15.1. The molecule has 0 saturated heterocycles. The van der Waals surface area contributed by atoms with Gasteiger partial charge in [0.05, 0.1) is 19.2 Å². The SMILES string of the molecule is C=CCOc1ccccc1CNC(=NCc1ccc(C(=O)OC)cc1)NCC.I. The van der Waals surface area contributed by atoms with Crippen molar-refractivity contribution in [1.29, 1.82) is 0 Å². The predicted molar refractivity (Wildman–Crippen MR) is 127 cm³/mol. The smallest absolute Gasteiger partial charge is 0.337 e. The Morgan fingerprint density at radius 3 is 2.52 bits per heavy atom. The quantitative estimate of drug-likeness (QED) is 0.176. The first kappa shape index (κ1) is 24.5. The molecular formula is C22H28IN3O3. The summed E-state index contributed by atoms with van der Waals surface area (Å²) < 4.78 is 10.4. The number of ether oxygens (including phenoxy) is 2. The van der Waals surface area contributed by atoms with E-state index in [-0.39, 0.29) is 29.9 Å². The van der Waals surface area contributed by atoms with Crippen LogP contribution in [0.4, 0.5) is 0 Å². The molecule has 0 radical (unpaired) electrons. The molecular weight excluding hydrogens is 481 g/mol. The lowest BCUT2D eigenvalue weighted by Crippen LogP contribution is -2.36. The molecule has 0 aliphatic rings. The van der Waals surface area contributed by atoms with Crippen LogP contribution < -0.4 is 15.4 Å². The van der Waals surface area contributed by atoms with Gasteiger partial charge in [-0.25, -0.2) is 9.79 Å². The fourth-order valence-corrected chi connectivity index (χ4v) is 2.49. The fraction of sp³-hybridized carbons (Fsp3) is 0.273. The average molecular weight is 509 g/mol. The van der Waals surface area contributed by atoms with E-state index >= 15 is 0 Å². The van der Waals surface area contributed by atoms with Crippen molar-refractivity contribution in [3.05, 3.63) is 77.9 Å². The minimum absolute atomic E-state index is 0. The largest absolute Gasteiger partial charge is 0.489 e.